The van der Waals surface area contributed by atoms with Gasteiger partial charge in [0.25, 0.3) is 5.91 Å². The molecule has 1 aliphatic heterocycles. The number of benzene rings is 2. The van der Waals surface area contributed by atoms with E-state index in [1.54, 1.807) is 36.9 Å². The van der Waals surface area contributed by atoms with Gasteiger partial charge in [-0.15, -0.1) is 11.8 Å². The molecule has 3 N–H and O–H groups in total. The minimum Gasteiger partial charge on any atom is -0.508 e. The molecule has 7 heteroatoms. The number of rotatable bonds is 7. The molecule has 230 valence electrons. The molecule has 4 rings (SSSR count). The molecule has 6 nitrogen and oxygen atoms in total. The molecule has 2 aromatic carbocycles. The van der Waals surface area contributed by atoms with Crippen molar-refractivity contribution in [2.24, 2.45) is 11.8 Å². The average molecular weight is 586 g/mol. The van der Waals surface area contributed by atoms with Gasteiger partial charge in [0.1, 0.15) is 5.75 Å². The Labute approximate surface area is 254 Å². The summed E-state index contributed by atoms with van der Waals surface area (Å²) >= 11 is 1.77. The molecule has 2 fully saturated rings. The van der Waals surface area contributed by atoms with Crippen LogP contribution in [0.25, 0.3) is 0 Å². The van der Waals surface area contributed by atoms with Crippen molar-refractivity contribution >= 4 is 24.1 Å². The number of nitrogens with zero attached hydrogens (tertiary/aromatic N) is 1. The van der Waals surface area contributed by atoms with Crippen molar-refractivity contribution in [3.8, 4) is 5.75 Å². The van der Waals surface area contributed by atoms with E-state index in [0.29, 0.717) is 24.1 Å². The van der Waals surface area contributed by atoms with Crippen LogP contribution < -0.4 is 10.6 Å². The van der Waals surface area contributed by atoms with E-state index in [9.17, 15) is 14.7 Å². The molecule has 2 aromatic rings. The zero-order valence-corrected chi connectivity index (χ0v) is 27.4. The maximum absolute atomic E-state index is 12.2. The first-order valence-corrected chi connectivity index (χ1v) is 16.5. The topological polar surface area (TPSA) is 81.7 Å². The first-order chi connectivity index (χ1) is 19.6. The molecular weight excluding hydrogens is 530 g/mol. The molecule has 41 heavy (non-hydrogen) atoms. The number of phenols is 1. The van der Waals surface area contributed by atoms with E-state index >= 15 is 0 Å². The van der Waals surface area contributed by atoms with Crippen LogP contribution in [-0.4, -0.2) is 60.3 Å². The van der Waals surface area contributed by atoms with Gasteiger partial charge in [-0.05, 0) is 102 Å². The quantitative estimate of drug-likeness (QED) is 0.180. The predicted octanol–water partition coefficient (Wildman–Crippen LogP) is 7.30. The number of likely N-dealkylation sites (tertiary alicyclic amines) is 1. The van der Waals surface area contributed by atoms with Crippen molar-refractivity contribution < 1.29 is 14.7 Å². The van der Waals surface area contributed by atoms with Crippen molar-refractivity contribution in [2.75, 3.05) is 32.4 Å². The number of hydrogen-bond donors (Lipinski definition) is 3. The van der Waals surface area contributed by atoms with Crippen LogP contribution in [0.15, 0.2) is 53.4 Å². The number of carbonyl (C=O) groups excluding carboxylic acids is 2. The Bertz CT molecular complexity index is 994. The molecule has 2 aliphatic rings. The molecular formula is C34H55N3O3S. The van der Waals surface area contributed by atoms with Crippen molar-refractivity contribution in [1.29, 1.82) is 0 Å². The Balaban J connectivity index is 0.000000405. The number of aromatic hydroxyl groups is 1. The second-order valence-electron chi connectivity index (χ2n) is 11.5. The molecule has 2 unspecified atom stereocenters. The Kier molecular flexibility index (Phi) is 18.2. The molecule has 1 saturated heterocycles. The first kappa shape index (κ1) is 36.5. The minimum atomic E-state index is -0.0885. The highest BCUT2D eigenvalue weighted by Crippen LogP contribution is 2.35. The van der Waals surface area contributed by atoms with Crippen molar-refractivity contribution in [3.63, 3.8) is 0 Å². The van der Waals surface area contributed by atoms with Gasteiger partial charge in [0.2, 0.25) is 6.41 Å². The number of amides is 2. The molecule has 1 saturated carbocycles. The Morgan fingerprint density at radius 3 is 2.24 bits per heavy atom. The number of nitrogens with one attached hydrogen (secondary N) is 2. The highest BCUT2D eigenvalue weighted by molar-refractivity contribution is 7.98. The van der Waals surface area contributed by atoms with E-state index in [1.807, 2.05) is 52.8 Å². The van der Waals surface area contributed by atoms with E-state index in [2.05, 4.69) is 33.9 Å². The normalized spacial score (nSPS) is 18.0. The van der Waals surface area contributed by atoms with Gasteiger partial charge in [-0.1, -0.05) is 57.4 Å². The lowest BCUT2D eigenvalue weighted by Gasteiger charge is -2.41. The van der Waals surface area contributed by atoms with Crippen LogP contribution in [0, 0.1) is 18.8 Å². The second-order valence-corrected chi connectivity index (χ2v) is 12.4. The lowest BCUT2D eigenvalue weighted by Crippen LogP contribution is -2.42. The third kappa shape index (κ3) is 14.8. The summed E-state index contributed by atoms with van der Waals surface area (Å²) in [6, 6.07) is 15.4. The summed E-state index contributed by atoms with van der Waals surface area (Å²) in [6.45, 7) is 15.8. The smallest absolute Gasteiger partial charge is 0.251 e. The summed E-state index contributed by atoms with van der Waals surface area (Å²) in [7, 11) is 0. The van der Waals surface area contributed by atoms with E-state index in [0.717, 1.165) is 24.8 Å². The van der Waals surface area contributed by atoms with Gasteiger partial charge >= 0.3 is 0 Å². The molecule has 0 spiro atoms. The summed E-state index contributed by atoms with van der Waals surface area (Å²) < 4.78 is 0. The zero-order chi connectivity index (χ0) is 30.7. The van der Waals surface area contributed by atoms with Crippen LogP contribution in [0.1, 0.15) is 89.1 Å². The summed E-state index contributed by atoms with van der Waals surface area (Å²) in [5.74, 6) is 1.98. The summed E-state index contributed by atoms with van der Waals surface area (Å²) in [4.78, 5) is 25.8. The fourth-order valence-corrected chi connectivity index (χ4v) is 5.51. The summed E-state index contributed by atoms with van der Waals surface area (Å²) in [5, 5.41) is 15.3. The van der Waals surface area contributed by atoms with Crippen LogP contribution in [0.2, 0.25) is 0 Å². The van der Waals surface area contributed by atoms with Crippen LogP contribution in [-0.2, 0) is 4.79 Å². The number of piperidine rings is 1. The largest absolute Gasteiger partial charge is 0.508 e. The minimum absolute atomic E-state index is 0.0677. The molecule has 1 aliphatic carbocycles. The van der Waals surface area contributed by atoms with E-state index < -0.39 is 0 Å². The predicted molar refractivity (Wildman–Crippen MR) is 175 cm³/mol. The van der Waals surface area contributed by atoms with Gasteiger partial charge < -0.3 is 20.6 Å². The maximum atomic E-state index is 12.2. The maximum Gasteiger partial charge on any atom is 0.251 e. The molecule has 0 radical (unpaired) electrons. The van der Waals surface area contributed by atoms with Gasteiger partial charge in [-0.3, -0.25) is 9.59 Å². The van der Waals surface area contributed by atoms with Gasteiger partial charge in [0.15, 0.2) is 0 Å². The Hall–Kier alpha value is -2.51. The standard InChI is InChI=1S/C20H30N2O2.C7H8S.C5H11NO.C2H6/c1-15-18(8-4-9-19(15)23)20(24)21-11-5-12-22-13-10-16-6-2-3-7-17(16)14-22;1-8-7-5-3-2-4-6-7;1-5(2,3)6-4-7;1-2/h4,8-9,16-17,23H,2-3,5-7,10-14H2,1H3,(H,21,24);2-6H,1H3;4H,1-3H3,(H,6,7);1-2H3. The van der Waals surface area contributed by atoms with E-state index in [4.69, 9.17) is 0 Å². The molecule has 2 amide bonds. The third-order valence-electron chi connectivity index (χ3n) is 7.33. The molecule has 2 atom stereocenters. The Morgan fingerprint density at radius 2 is 1.68 bits per heavy atom. The molecule has 0 aromatic heterocycles. The molecule has 1 heterocycles. The van der Waals surface area contributed by atoms with Gasteiger partial charge in [-0.25, -0.2) is 0 Å². The fraction of sp³-hybridized carbons (Fsp3) is 0.588. The summed E-state index contributed by atoms with van der Waals surface area (Å²) in [6.07, 6.45) is 10.8. The summed E-state index contributed by atoms with van der Waals surface area (Å²) in [5.41, 5.74) is 1.15. The monoisotopic (exact) mass is 585 g/mol. The van der Waals surface area contributed by atoms with E-state index in [1.165, 1.54) is 50.1 Å². The number of carbonyl (C=O) groups is 2. The first-order valence-electron chi connectivity index (χ1n) is 15.2. The second kappa shape index (κ2) is 20.4. The lowest BCUT2D eigenvalue weighted by atomic mass is 9.75. The fourth-order valence-electron chi connectivity index (χ4n) is 5.08. The number of phenolic OH excluding ortho intramolecular Hbond substituents is 1. The van der Waals surface area contributed by atoms with Crippen LogP contribution in [0.3, 0.4) is 0 Å². The van der Waals surface area contributed by atoms with Gasteiger partial charge in [0.05, 0.1) is 0 Å². The van der Waals surface area contributed by atoms with Crippen LogP contribution in [0.4, 0.5) is 0 Å². The van der Waals surface area contributed by atoms with Crippen molar-refractivity contribution in [1.82, 2.24) is 15.5 Å². The Morgan fingerprint density at radius 1 is 1.02 bits per heavy atom. The zero-order valence-electron chi connectivity index (χ0n) is 26.5. The molecule has 0 bridgehead atoms. The number of fused-ring (bicyclic) bond motifs is 1. The van der Waals surface area contributed by atoms with Crippen molar-refractivity contribution in [2.45, 2.75) is 90.5 Å². The lowest BCUT2D eigenvalue weighted by molar-refractivity contribution is -0.110. The van der Waals surface area contributed by atoms with Crippen LogP contribution in [0.5, 0.6) is 5.75 Å². The highest BCUT2D eigenvalue weighted by atomic mass is 32.2. The van der Waals surface area contributed by atoms with Gasteiger partial charge in [-0.2, -0.15) is 0 Å². The van der Waals surface area contributed by atoms with Crippen LogP contribution >= 0.6 is 11.8 Å². The average Bonchev–Trinajstić information content (AvgIpc) is 2.98. The highest BCUT2D eigenvalue weighted by Gasteiger charge is 2.30. The third-order valence-corrected chi connectivity index (χ3v) is 8.08. The number of hydrogen-bond acceptors (Lipinski definition) is 5. The van der Waals surface area contributed by atoms with E-state index in [-0.39, 0.29) is 17.2 Å². The number of thioether (sulfide) groups is 1. The SMILES string of the molecule is CC.CC(C)(C)NC=O.CSc1ccccc1.Cc1c(O)cccc1C(=O)NCCCN1CCC2CCCCC2C1. The van der Waals surface area contributed by atoms with Crippen molar-refractivity contribution in [3.05, 3.63) is 59.7 Å². The van der Waals surface area contributed by atoms with Gasteiger partial charge in [0, 0.05) is 34.7 Å².